The van der Waals surface area contributed by atoms with Gasteiger partial charge in [-0.15, -0.1) is 0 Å². The second-order valence-electron chi connectivity index (χ2n) is 6.93. The normalized spacial score (nSPS) is 12.8. The summed E-state index contributed by atoms with van der Waals surface area (Å²) >= 11 is 0. The predicted octanol–water partition coefficient (Wildman–Crippen LogP) is 6.25. The first kappa shape index (κ1) is 23.2. The van der Waals surface area contributed by atoms with E-state index in [2.05, 4.69) is 19.1 Å². The van der Waals surface area contributed by atoms with Crippen LogP contribution < -0.4 is 0 Å². The number of carboxylic acids is 1. The van der Waals surface area contributed by atoms with Crippen molar-refractivity contribution in [1.29, 1.82) is 0 Å². The van der Waals surface area contributed by atoms with Crippen LogP contribution in [0.5, 0.6) is 0 Å². The number of hydrogen-bond donors (Lipinski definition) is 2. The Hall–Kier alpha value is -0.830. The van der Waals surface area contributed by atoms with Gasteiger partial charge in [0, 0.05) is 6.42 Å². The van der Waals surface area contributed by atoms with Crippen LogP contribution in [0.25, 0.3) is 0 Å². The summed E-state index contributed by atoms with van der Waals surface area (Å²) in [5, 5.41) is 18.4. The molecule has 3 nitrogen and oxygen atoms in total. The van der Waals surface area contributed by atoms with Crippen molar-refractivity contribution in [1.82, 2.24) is 0 Å². The monoisotopic (exact) mass is 340 g/mol. The van der Waals surface area contributed by atoms with Crippen LogP contribution in [-0.2, 0) is 4.79 Å². The van der Waals surface area contributed by atoms with Crippen LogP contribution in [0.15, 0.2) is 12.2 Å². The molecule has 0 rings (SSSR count). The molecule has 0 fully saturated rings. The van der Waals surface area contributed by atoms with Gasteiger partial charge < -0.3 is 10.2 Å². The van der Waals surface area contributed by atoms with Crippen molar-refractivity contribution in [2.75, 3.05) is 0 Å². The van der Waals surface area contributed by atoms with Gasteiger partial charge in [0.05, 0.1) is 6.10 Å². The van der Waals surface area contributed by atoms with Crippen molar-refractivity contribution < 1.29 is 15.0 Å². The SMILES string of the molecule is CCC=CCCC(O)CCCCCCCCCCCCCC(=O)O. The molecule has 0 aromatic rings. The van der Waals surface area contributed by atoms with Crippen LogP contribution in [-0.4, -0.2) is 22.3 Å². The first-order valence-corrected chi connectivity index (χ1v) is 10.2. The van der Waals surface area contributed by atoms with Crippen LogP contribution in [0.2, 0.25) is 0 Å². The second kappa shape index (κ2) is 18.5. The Morgan fingerprint density at radius 3 is 1.79 bits per heavy atom. The highest BCUT2D eigenvalue weighted by atomic mass is 16.4. The zero-order valence-electron chi connectivity index (χ0n) is 15.8. The van der Waals surface area contributed by atoms with E-state index in [-0.39, 0.29) is 6.10 Å². The predicted molar refractivity (Wildman–Crippen MR) is 102 cm³/mol. The number of carboxylic acid groups (broad SMARTS) is 1. The Balaban J connectivity index is 3.14. The van der Waals surface area contributed by atoms with Crippen molar-refractivity contribution in [3.8, 4) is 0 Å². The van der Waals surface area contributed by atoms with Crippen molar-refractivity contribution in [2.45, 2.75) is 116 Å². The van der Waals surface area contributed by atoms with E-state index in [0.717, 1.165) is 44.9 Å². The Labute approximate surface area is 149 Å². The van der Waals surface area contributed by atoms with Gasteiger partial charge in [0.1, 0.15) is 0 Å². The average molecular weight is 341 g/mol. The first-order valence-electron chi connectivity index (χ1n) is 10.2. The molecule has 142 valence electrons. The van der Waals surface area contributed by atoms with E-state index in [0.29, 0.717) is 6.42 Å². The molecule has 3 heteroatoms. The second-order valence-corrected chi connectivity index (χ2v) is 6.93. The van der Waals surface area contributed by atoms with Crippen molar-refractivity contribution in [2.24, 2.45) is 0 Å². The van der Waals surface area contributed by atoms with E-state index in [1.807, 2.05) is 0 Å². The van der Waals surface area contributed by atoms with E-state index >= 15 is 0 Å². The number of unbranched alkanes of at least 4 members (excludes halogenated alkanes) is 10. The van der Waals surface area contributed by atoms with Gasteiger partial charge >= 0.3 is 5.97 Å². The molecule has 0 aliphatic carbocycles. The van der Waals surface area contributed by atoms with E-state index < -0.39 is 5.97 Å². The maximum absolute atomic E-state index is 10.4. The fourth-order valence-electron chi connectivity index (χ4n) is 2.96. The van der Waals surface area contributed by atoms with E-state index in [1.54, 1.807) is 0 Å². The Morgan fingerprint density at radius 1 is 0.792 bits per heavy atom. The van der Waals surface area contributed by atoms with Crippen molar-refractivity contribution >= 4 is 5.97 Å². The number of hydrogen-bond acceptors (Lipinski definition) is 2. The third-order valence-corrected chi connectivity index (χ3v) is 4.50. The molecule has 0 aliphatic heterocycles. The van der Waals surface area contributed by atoms with Gasteiger partial charge in [-0.3, -0.25) is 4.79 Å². The molecule has 0 aliphatic rings. The van der Waals surface area contributed by atoms with Crippen LogP contribution in [0.1, 0.15) is 110 Å². The summed E-state index contributed by atoms with van der Waals surface area (Å²) in [6, 6.07) is 0. The number of aliphatic carboxylic acids is 1. The minimum absolute atomic E-state index is 0.118. The summed E-state index contributed by atoms with van der Waals surface area (Å²) < 4.78 is 0. The molecule has 0 aromatic carbocycles. The molecule has 0 aromatic heterocycles. The maximum Gasteiger partial charge on any atom is 0.303 e. The van der Waals surface area contributed by atoms with Crippen LogP contribution >= 0.6 is 0 Å². The molecule has 0 spiro atoms. The van der Waals surface area contributed by atoms with E-state index in [4.69, 9.17) is 5.11 Å². The zero-order chi connectivity index (χ0) is 17.9. The number of carbonyl (C=O) groups is 1. The molecule has 24 heavy (non-hydrogen) atoms. The number of aliphatic hydroxyl groups is 1. The molecule has 0 amide bonds. The Bertz CT molecular complexity index is 299. The smallest absolute Gasteiger partial charge is 0.303 e. The highest BCUT2D eigenvalue weighted by Gasteiger charge is 2.02. The summed E-state index contributed by atoms with van der Waals surface area (Å²) in [6.07, 6.45) is 21.7. The van der Waals surface area contributed by atoms with E-state index in [9.17, 15) is 9.90 Å². The zero-order valence-corrected chi connectivity index (χ0v) is 15.8. The third-order valence-electron chi connectivity index (χ3n) is 4.50. The minimum Gasteiger partial charge on any atom is -0.481 e. The molecule has 2 N–H and O–H groups in total. The molecular weight excluding hydrogens is 300 g/mol. The molecule has 0 heterocycles. The van der Waals surface area contributed by atoms with Crippen molar-refractivity contribution in [3.05, 3.63) is 12.2 Å². The van der Waals surface area contributed by atoms with Gasteiger partial charge in [0.2, 0.25) is 0 Å². The minimum atomic E-state index is -0.671. The number of aliphatic hydroxyl groups excluding tert-OH is 1. The Kier molecular flexibility index (Phi) is 17.9. The van der Waals surface area contributed by atoms with E-state index in [1.165, 1.54) is 51.4 Å². The lowest BCUT2D eigenvalue weighted by Gasteiger charge is -2.08. The number of allylic oxidation sites excluding steroid dienone is 2. The average Bonchev–Trinajstić information content (AvgIpc) is 2.55. The van der Waals surface area contributed by atoms with Gasteiger partial charge in [0.25, 0.3) is 0 Å². The molecule has 0 bridgehead atoms. The highest BCUT2D eigenvalue weighted by molar-refractivity contribution is 5.66. The quantitative estimate of drug-likeness (QED) is 0.229. The summed E-state index contributed by atoms with van der Waals surface area (Å²) in [4.78, 5) is 10.4. The summed E-state index contributed by atoms with van der Waals surface area (Å²) in [5.74, 6) is -0.671. The molecule has 1 atom stereocenters. The standard InChI is InChI=1S/C21H40O3/c1-2-3-4-14-17-20(22)18-15-12-10-8-6-5-7-9-11-13-16-19-21(23)24/h3-4,20,22H,2,5-19H2,1H3,(H,23,24). The van der Waals surface area contributed by atoms with Crippen LogP contribution in [0.3, 0.4) is 0 Å². The van der Waals surface area contributed by atoms with Gasteiger partial charge in [-0.05, 0) is 32.1 Å². The molecule has 0 saturated carbocycles. The number of rotatable bonds is 18. The van der Waals surface area contributed by atoms with Crippen molar-refractivity contribution in [3.63, 3.8) is 0 Å². The molecule has 0 saturated heterocycles. The fourth-order valence-corrected chi connectivity index (χ4v) is 2.96. The third kappa shape index (κ3) is 19.2. The highest BCUT2D eigenvalue weighted by Crippen LogP contribution is 2.14. The van der Waals surface area contributed by atoms with Gasteiger partial charge in [0.15, 0.2) is 0 Å². The lowest BCUT2D eigenvalue weighted by atomic mass is 10.0. The molecule has 1 unspecified atom stereocenters. The lowest BCUT2D eigenvalue weighted by Crippen LogP contribution is -2.05. The Morgan fingerprint density at radius 2 is 1.29 bits per heavy atom. The molecular formula is C21H40O3. The summed E-state index contributed by atoms with van der Waals surface area (Å²) in [5.41, 5.74) is 0. The topological polar surface area (TPSA) is 57.5 Å². The summed E-state index contributed by atoms with van der Waals surface area (Å²) in [7, 11) is 0. The lowest BCUT2D eigenvalue weighted by molar-refractivity contribution is -0.137. The molecule has 0 radical (unpaired) electrons. The van der Waals surface area contributed by atoms with Crippen LogP contribution in [0.4, 0.5) is 0 Å². The van der Waals surface area contributed by atoms with Gasteiger partial charge in [-0.25, -0.2) is 0 Å². The maximum atomic E-state index is 10.4. The van der Waals surface area contributed by atoms with Gasteiger partial charge in [-0.1, -0.05) is 83.3 Å². The first-order chi connectivity index (χ1) is 11.7. The summed E-state index contributed by atoms with van der Waals surface area (Å²) in [6.45, 7) is 2.13. The largest absolute Gasteiger partial charge is 0.481 e. The van der Waals surface area contributed by atoms with Gasteiger partial charge in [-0.2, -0.15) is 0 Å². The fraction of sp³-hybridized carbons (Fsp3) is 0.857. The van der Waals surface area contributed by atoms with Crippen LogP contribution in [0, 0.1) is 0 Å².